The van der Waals surface area contributed by atoms with Crippen LogP contribution < -0.4 is 4.90 Å². The van der Waals surface area contributed by atoms with Crippen LogP contribution >= 0.6 is 0 Å². The highest BCUT2D eigenvalue weighted by Gasteiger charge is 2.27. The van der Waals surface area contributed by atoms with E-state index in [-0.39, 0.29) is 18.5 Å². The molecule has 3 aromatic rings. The quantitative estimate of drug-likeness (QED) is 0.106. The van der Waals surface area contributed by atoms with E-state index >= 15 is 0 Å². The highest BCUT2D eigenvalue weighted by atomic mass is 19.3. The second-order valence-electron chi connectivity index (χ2n) is 8.04. The lowest BCUT2D eigenvalue weighted by Crippen LogP contribution is -2.20. The number of allylic oxidation sites excluding steroid dienone is 1. The summed E-state index contributed by atoms with van der Waals surface area (Å²) in [6.45, 7) is 15.6. The number of hydrogen-bond acceptors (Lipinski definition) is 5. The number of nitrogens with zero attached hydrogens (tertiary/aromatic N) is 1. The number of hydrogen-bond donors (Lipinski definition) is 0. The first-order valence-electron chi connectivity index (χ1n) is 14.4. The summed E-state index contributed by atoms with van der Waals surface area (Å²) in [5.41, 5.74) is 4.11. The third kappa shape index (κ3) is 10.6. The number of amides is 1. The van der Waals surface area contributed by atoms with E-state index in [1.165, 1.54) is 6.08 Å². The summed E-state index contributed by atoms with van der Waals surface area (Å²) in [6, 6.07) is 17.1. The van der Waals surface area contributed by atoms with Crippen LogP contribution in [-0.2, 0) is 14.5 Å². The number of halogens is 1. The van der Waals surface area contributed by atoms with Gasteiger partial charge in [0.15, 0.2) is 0 Å². The monoisotopic (exact) mass is 567 g/mol. The highest BCUT2D eigenvalue weighted by molar-refractivity contribution is 6.26. The third-order valence-electron chi connectivity index (χ3n) is 5.79. The minimum absolute atomic E-state index is 0.00610. The van der Waals surface area contributed by atoms with Crippen molar-refractivity contribution in [2.24, 2.45) is 0 Å². The molecule has 0 atom stereocenters. The van der Waals surface area contributed by atoms with E-state index in [1.807, 2.05) is 84.0 Å². The van der Waals surface area contributed by atoms with E-state index in [4.69, 9.17) is 9.53 Å². The van der Waals surface area contributed by atoms with Crippen LogP contribution in [0.5, 0.6) is 0 Å². The first kappa shape index (κ1) is 37.2. The lowest BCUT2D eigenvalue weighted by Gasteiger charge is -2.11. The zero-order chi connectivity index (χ0) is 31.2. The minimum atomic E-state index is -0.355. The summed E-state index contributed by atoms with van der Waals surface area (Å²) >= 11 is 0. The van der Waals surface area contributed by atoms with Crippen molar-refractivity contribution in [1.29, 1.82) is 0 Å². The number of rotatable bonds is 10. The Morgan fingerprint density at radius 2 is 1.41 bits per heavy atom. The average molecular weight is 568 g/mol. The molecule has 0 spiro atoms. The van der Waals surface area contributed by atoms with Gasteiger partial charge >= 0.3 is 5.97 Å². The van der Waals surface area contributed by atoms with Crippen molar-refractivity contribution in [2.75, 3.05) is 25.2 Å². The number of carbonyl (C=O) groups is 3. The lowest BCUT2D eigenvalue weighted by molar-refractivity contribution is -0.133. The summed E-state index contributed by atoms with van der Waals surface area (Å²) in [5.74, 6) is -0.349. The topological polar surface area (TPSA) is 72.9 Å². The summed E-state index contributed by atoms with van der Waals surface area (Å²) in [4.78, 5) is 39.0. The van der Waals surface area contributed by atoms with E-state index in [0.29, 0.717) is 30.4 Å². The Hall–Kier alpha value is -3.84. The molecular formula is C34H46FNO5. The van der Waals surface area contributed by atoms with Crippen LogP contribution in [0.3, 0.4) is 0 Å². The Balaban J connectivity index is 0.00000142. The largest absolute Gasteiger partial charge is 0.462 e. The molecule has 0 aliphatic carbocycles. The van der Waals surface area contributed by atoms with Crippen molar-refractivity contribution in [2.45, 2.75) is 67.2 Å². The predicted octanol–water partition coefficient (Wildman–Crippen LogP) is 9.17. The van der Waals surface area contributed by atoms with Crippen molar-refractivity contribution in [3.05, 3.63) is 78.4 Å². The number of benzene rings is 3. The molecular weight excluding hydrogens is 521 g/mol. The summed E-state index contributed by atoms with van der Waals surface area (Å²) in [6.07, 6.45) is 4.93. The van der Waals surface area contributed by atoms with Crippen molar-refractivity contribution < 1.29 is 28.6 Å². The SMILES string of the molecule is C=CC=O.CC.CC.CC.CN1C(=O)c2ccc(-c3ccc(C(=O)OCCCCCCOF)cc3)c3cccc1c23. The number of ether oxygens (including phenoxy) is 1. The molecule has 3 aromatic carbocycles. The number of carbonyl (C=O) groups excluding carboxylic acids is 3. The van der Waals surface area contributed by atoms with Crippen LogP contribution in [0.2, 0.25) is 0 Å². The molecule has 0 fully saturated rings. The predicted molar refractivity (Wildman–Crippen MR) is 168 cm³/mol. The number of aldehydes is 1. The first-order valence-corrected chi connectivity index (χ1v) is 14.4. The molecule has 0 N–H and O–H groups in total. The maximum absolute atomic E-state index is 12.5. The second kappa shape index (κ2) is 21.9. The normalized spacial score (nSPS) is 10.4. The number of anilines is 1. The van der Waals surface area contributed by atoms with E-state index < -0.39 is 0 Å². The standard InChI is InChI=1S/C25H24FNO4.C3H4O.3C2H6/c1-27-22-8-6-7-20-19(13-14-21(23(20)22)24(27)28)17-9-11-18(12-10-17)25(29)30-15-4-2-3-5-16-31-26;1-2-3-4;3*1-2/h6-14H,2-5,15-16H2,1H3;2-3H,1H2;3*1-2H3. The molecule has 4 rings (SSSR count). The summed E-state index contributed by atoms with van der Waals surface area (Å²) in [7, 11) is 1.79. The molecule has 7 heteroatoms. The van der Waals surface area contributed by atoms with Crippen LogP contribution in [0.15, 0.2) is 67.3 Å². The van der Waals surface area contributed by atoms with Gasteiger partial charge < -0.3 is 9.64 Å². The molecule has 1 heterocycles. The molecule has 0 aromatic heterocycles. The Morgan fingerprint density at radius 1 is 0.854 bits per heavy atom. The van der Waals surface area contributed by atoms with Crippen LogP contribution in [0.4, 0.5) is 10.2 Å². The molecule has 41 heavy (non-hydrogen) atoms. The molecule has 1 amide bonds. The minimum Gasteiger partial charge on any atom is -0.462 e. The number of unbranched alkanes of at least 4 members (excludes halogenated alkanes) is 3. The van der Waals surface area contributed by atoms with Crippen molar-refractivity contribution in [3.8, 4) is 11.1 Å². The molecule has 0 radical (unpaired) electrons. The Labute approximate surface area is 245 Å². The van der Waals surface area contributed by atoms with Gasteiger partial charge in [-0.2, -0.15) is 4.94 Å². The van der Waals surface area contributed by atoms with Crippen LogP contribution in [0.25, 0.3) is 21.9 Å². The highest BCUT2D eigenvalue weighted by Crippen LogP contribution is 2.40. The van der Waals surface area contributed by atoms with Gasteiger partial charge in [0.25, 0.3) is 5.91 Å². The Kier molecular flexibility index (Phi) is 19.9. The molecule has 0 saturated heterocycles. The van der Waals surface area contributed by atoms with Crippen molar-refractivity contribution in [1.82, 2.24) is 0 Å². The molecule has 0 unspecified atom stereocenters. The van der Waals surface area contributed by atoms with Crippen LogP contribution in [0.1, 0.15) is 87.9 Å². The Bertz CT molecular complexity index is 1200. The van der Waals surface area contributed by atoms with Crippen LogP contribution in [-0.4, -0.2) is 38.4 Å². The molecule has 6 nitrogen and oxygen atoms in total. The van der Waals surface area contributed by atoms with Gasteiger partial charge in [0, 0.05) is 18.0 Å². The molecule has 1 aliphatic rings. The van der Waals surface area contributed by atoms with Gasteiger partial charge in [-0.05, 0) is 70.6 Å². The van der Waals surface area contributed by atoms with Gasteiger partial charge in [-0.25, -0.2) is 4.79 Å². The fourth-order valence-electron chi connectivity index (χ4n) is 4.03. The van der Waals surface area contributed by atoms with Gasteiger partial charge in [0.05, 0.1) is 24.5 Å². The third-order valence-corrected chi connectivity index (χ3v) is 5.79. The maximum atomic E-state index is 12.5. The summed E-state index contributed by atoms with van der Waals surface area (Å²) in [5, 5.41) is 1.98. The smallest absolute Gasteiger partial charge is 0.338 e. The lowest BCUT2D eigenvalue weighted by atomic mass is 9.95. The van der Waals surface area contributed by atoms with Gasteiger partial charge in [0.2, 0.25) is 0 Å². The molecule has 0 saturated carbocycles. The summed E-state index contributed by atoms with van der Waals surface area (Å²) < 4.78 is 16.9. The van der Waals surface area contributed by atoms with Crippen LogP contribution in [0, 0.1) is 0 Å². The average Bonchev–Trinajstić information content (AvgIpc) is 3.30. The van der Waals surface area contributed by atoms with E-state index in [1.54, 1.807) is 24.1 Å². The second-order valence-corrected chi connectivity index (χ2v) is 8.04. The fourth-order valence-corrected chi connectivity index (χ4v) is 4.03. The van der Waals surface area contributed by atoms with Gasteiger partial charge in [-0.3, -0.25) is 9.59 Å². The Morgan fingerprint density at radius 3 is 1.98 bits per heavy atom. The zero-order valence-electron chi connectivity index (χ0n) is 25.7. The number of esters is 1. The van der Waals surface area contributed by atoms with E-state index in [9.17, 15) is 14.1 Å². The molecule has 0 bridgehead atoms. The van der Waals surface area contributed by atoms with Gasteiger partial charge in [-0.15, -0.1) is 0 Å². The first-order chi connectivity index (χ1) is 20.0. The van der Waals surface area contributed by atoms with Gasteiger partial charge in [-0.1, -0.05) is 84.9 Å². The van der Waals surface area contributed by atoms with E-state index in [2.05, 4.69) is 11.5 Å². The van der Waals surface area contributed by atoms with Crippen molar-refractivity contribution >= 4 is 34.6 Å². The maximum Gasteiger partial charge on any atom is 0.338 e. The van der Waals surface area contributed by atoms with Gasteiger partial charge in [0.1, 0.15) is 6.29 Å². The molecule has 224 valence electrons. The fraction of sp³-hybridized carbons (Fsp3) is 0.382. The van der Waals surface area contributed by atoms with Crippen molar-refractivity contribution in [3.63, 3.8) is 0 Å². The zero-order valence-corrected chi connectivity index (χ0v) is 25.7. The van der Waals surface area contributed by atoms with E-state index in [0.717, 1.165) is 46.8 Å². The molecule has 1 aliphatic heterocycles.